The lowest BCUT2D eigenvalue weighted by atomic mass is 9.93. The summed E-state index contributed by atoms with van der Waals surface area (Å²) in [6.45, 7) is 6.33. The number of hydrazone groups is 1. The Bertz CT molecular complexity index is 1080. The second-order valence-electron chi connectivity index (χ2n) is 8.04. The molecule has 2 amide bonds. The topological polar surface area (TPSA) is 96.2 Å². The van der Waals surface area contributed by atoms with Crippen molar-refractivity contribution in [3.8, 4) is 0 Å². The maximum absolute atomic E-state index is 12.8. The molecule has 1 fully saturated rings. The Kier molecular flexibility index (Phi) is 7.70. The first kappa shape index (κ1) is 23.8. The Morgan fingerprint density at radius 2 is 1.94 bits per heavy atom. The fourth-order valence-corrected chi connectivity index (χ4v) is 4.58. The number of benzene rings is 1. The molecular formula is C23H26Cl2N4O4. The number of halogens is 2. The van der Waals surface area contributed by atoms with Gasteiger partial charge in [0, 0.05) is 48.7 Å². The molecule has 4 rings (SSSR count). The van der Waals surface area contributed by atoms with E-state index in [-0.39, 0.29) is 16.5 Å². The molecule has 1 saturated heterocycles. The molecule has 1 aliphatic carbocycles. The molecule has 1 aromatic heterocycles. The van der Waals surface area contributed by atoms with Crippen LogP contribution in [-0.2, 0) is 11.2 Å². The summed E-state index contributed by atoms with van der Waals surface area (Å²) in [4.78, 5) is 27.6. The fourth-order valence-electron chi connectivity index (χ4n) is 4.08. The van der Waals surface area contributed by atoms with E-state index in [0.717, 1.165) is 56.2 Å². The highest BCUT2D eigenvalue weighted by molar-refractivity contribution is 6.36. The van der Waals surface area contributed by atoms with E-state index in [0.29, 0.717) is 35.9 Å². The minimum atomic E-state index is -0.432. The predicted octanol–water partition coefficient (Wildman–Crippen LogP) is 3.43. The highest BCUT2D eigenvalue weighted by atomic mass is 35.5. The molecule has 2 aliphatic rings. The Balaban J connectivity index is 1.44. The molecule has 2 aromatic rings. The Morgan fingerprint density at radius 1 is 1.15 bits per heavy atom. The summed E-state index contributed by atoms with van der Waals surface area (Å²) in [5.74, 6) is 0.336. The minimum absolute atomic E-state index is 0.244. The SMILES string of the molecule is Cc1c(C(=O)NCCN2CCOCC2)oc2c1/C(=N/NC(=O)c1ccc(Cl)cc1Cl)CCC2. The van der Waals surface area contributed by atoms with Gasteiger partial charge in [-0.05, 0) is 38.0 Å². The third-order valence-electron chi connectivity index (χ3n) is 5.82. The van der Waals surface area contributed by atoms with E-state index in [1.54, 1.807) is 12.1 Å². The molecule has 0 saturated carbocycles. The number of nitrogens with one attached hydrogen (secondary N) is 2. The van der Waals surface area contributed by atoms with Crippen LogP contribution in [0.15, 0.2) is 27.7 Å². The summed E-state index contributed by atoms with van der Waals surface area (Å²) in [5.41, 5.74) is 5.06. The molecule has 1 aromatic carbocycles. The molecule has 0 unspecified atom stereocenters. The van der Waals surface area contributed by atoms with E-state index >= 15 is 0 Å². The second-order valence-corrected chi connectivity index (χ2v) is 8.89. The van der Waals surface area contributed by atoms with Crippen LogP contribution in [0.5, 0.6) is 0 Å². The van der Waals surface area contributed by atoms with Gasteiger partial charge in [-0.15, -0.1) is 0 Å². The second kappa shape index (κ2) is 10.7. The van der Waals surface area contributed by atoms with Crippen molar-refractivity contribution in [2.45, 2.75) is 26.2 Å². The Hall–Kier alpha value is -2.39. The lowest BCUT2D eigenvalue weighted by molar-refractivity contribution is 0.0382. The largest absolute Gasteiger partial charge is 0.455 e. The van der Waals surface area contributed by atoms with Crippen molar-refractivity contribution in [3.05, 3.63) is 56.5 Å². The summed E-state index contributed by atoms with van der Waals surface area (Å²) < 4.78 is 11.3. The number of amides is 2. The molecule has 2 heterocycles. The van der Waals surface area contributed by atoms with Crippen molar-refractivity contribution in [1.82, 2.24) is 15.6 Å². The van der Waals surface area contributed by atoms with Crippen molar-refractivity contribution in [2.24, 2.45) is 5.10 Å². The first-order valence-electron chi connectivity index (χ1n) is 11.0. The number of carbonyl (C=O) groups excluding carboxylic acids is 2. The van der Waals surface area contributed by atoms with Gasteiger partial charge in [0.1, 0.15) is 5.76 Å². The number of nitrogens with zero attached hydrogens (tertiary/aromatic N) is 2. The zero-order chi connectivity index (χ0) is 23.4. The van der Waals surface area contributed by atoms with Crippen LogP contribution in [0, 0.1) is 6.92 Å². The van der Waals surface area contributed by atoms with E-state index in [2.05, 4.69) is 20.7 Å². The molecule has 33 heavy (non-hydrogen) atoms. The Morgan fingerprint density at radius 3 is 2.70 bits per heavy atom. The fraction of sp³-hybridized carbons (Fsp3) is 0.435. The van der Waals surface area contributed by atoms with Gasteiger partial charge in [-0.3, -0.25) is 14.5 Å². The summed E-state index contributed by atoms with van der Waals surface area (Å²) >= 11 is 12.0. The van der Waals surface area contributed by atoms with Crippen LogP contribution in [0.3, 0.4) is 0 Å². The first-order chi connectivity index (χ1) is 15.9. The number of carbonyl (C=O) groups is 2. The van der Waals surface area contributed by atoms with Crippen LogP contribution in [-0.4, -0.2) is 61.8 Å². The van der Waals surface area contributed by atoms with Gasteiger partial charge in [-0.25, -0.2) is 5.43 Å². The molecule has 2 N–H and O–H groups in total. The van der Waals surface area contributed by atoms with Gasteiger partial charge in [-0.1, -0.05) is 23.2 Å². The number of aryl methyl sites for hydroxylation is 1. The van der Waals surface area contributed by atoms with E-state index in [1.165, 1.54) is 6.07 Å². The highest BCUT2D eigenvalue weighted by Crippen LogP contribution is 2.30. The van der Waals surface area contributed by atoms with Gasteiger partial charge >= 0.3 is 0 Å². The van der Waals surface area contributed by atoms with Crippen LogP contribution in [0.2, 0.25) is 10.0 Å². The molecule has 0 atom stereocenters. The zero-order valence-electron chi connectivity index (χ0n) is 18.4. The standard InChI is InChI=1S/C23H26Cl2N4O4/c1-14-20-18(27-28-22(30)16-6-5-15(24)13-17(16)25)3-2-4-19(20)33-21(14)23(31)26-7-8-29-9-11-32-12-10-29/h5-6,13H,2-4,7-12H2,1H3,(H,26,31)(H,28,30)/b27-18+. The minimum Gasteiger partial charge on any atom is -0.455 e. The summed E-state index contributed by atoms with van der Waals surface area (Å²) in [6.07, 6.45) is 2.20. The molecule has 10 heteroatoms. The molecule has 0 spiro atoms. The van der Waals surface area contributed by atoms with E-state index in [4.69, 9.17) is 32.4 Å². The van der Waals surface area contributed by atoms with Crippen LogP contribution in [0.4, 0.5) is 0 Å². The van der Waals surface area contributed by atoms with Gasteiger partial charge < -0.3 is 14.5 Å². The van der Waals surface area contributed by atoms with E-state index in [1.807, 2.05) is 6.92 Å². The zero-order valence-corrected chi connectivity index (χ0v) is 19.9. The van der Waals surface area contributed by atoms with Crippen LogP contribution in [0.1, 0.15) is 50.6 Å². The number of furan rings is 1. The normalized spacial score (nSPS) is 17.6. The Labute approximate surface area is 202 Å². The average molecular weight is 493 g/mol. The third kappa shape index (κ3) is 5.58. The van der Waals surface area contributed by atoms with Crippen LogP contribution >= 0.6 is 23.2 Å². The van der Waals surface area contributed by atoms with Crippen molar-refractivity contribution in [2.75, 3.05) is 39.4 Å². The molecule has 0 bridgehead atoms. The maximum atomic E-state index is 12.8. The van der Waals surface area contributed by atoms with Gasteiger partial charge in [0.2, 0.25) is 0 Å². The maximum Gasteiger partial charge on any atom is 0.287 e. The highest BCUT2D eigenvalue weighted by Gasteiger charge is 2.28. The molecule has 0 radical (unpaired) electrons. The number of ether oxygens (including phenoxy) is 1. The van der Waals surface area contributed by atoms with E-state index < -0.39 is 5.91 Å². The number of morpholine rings is 1. The van der Waals surface area contributed by atoms with Crippen molar-refractivity contribution >= 4 is 40.7 Å². The lowest BCUT2D eigenvalue weighted by Gasteiger charge is -2.26. The summed E-state index contributed by atoms with van der Waals surface area (Å²) in [7, 11) is 0. The van der Waals surface area contributed by atoms with Gasteiger partial charge in [-0.2, -0.15) is 5.10 Å². The average Bonchev–Trinajstić information content (AvgIpc) is 3.15. The molecule has 176 valence electrons. The van der Waals surface area contributed by atoms with Gasteiger partial charge in [0.15, 0.2) is 5.76 Å². The summed E-state index contributed by atoms with van der Waals surface area (Å²) in [5, 5.41) is 7.98. The third-order valence-corrected chi connectivity index (χ3v) is 6.37. The number of rotatable bonds is 6. The molecule has 1 aliphatic heterocycles. The van der Waals surface area contributed by atoms with Gasteiger partial charge in [0.25, 0.3) is 11.8 Å². The summed E-state index contributed by atoms with van der Waals surface area (Å²) in [6, 6.07) is 4.65. The van der Waals surface area contributed by atoms with Gasteiger partial charge in [0.05, 0.1) is 29.5 Å². The van der Waals surface area contributed by atoms with Crippen molar-refractivity contribution < 1.29 is 18.7 Å². The first-order valence-corrected chi connectivity index (χ1v) is 11.7. The molecular weight excluding hydrogens is 467 g/mol. The van der Waals surface area contributed by atoms with Crippen molar-refractivity contribution in [1.29, 1.82) is 0 Å². The van der Waals surface area contributed by atoms with Crippen molar-refractivity contribution in [3.63, 3.8) is 0 Å². The monoisotopic (exact) mass is 492 g/mol. The van der Waals surface area contributed by atoms with Crippen LogP contribution < -0.4 is 10.7 Å². The quantitative estimate of drug-likeness (QED) is 0.602. The number of fused-ring (bicyclic) bond motifs is 1. The van der Waals surface area contributed by atoms with E-state index in [9.17, 15) is 9.59 Å². The lowest BCUT2D eigenvalue weighted by Crippen LogP contribution is -2.41. The predicted molar refractivity (Wildman–Crippen MR) is 126 cm³/mol. The smallest absolute Gasteiger partial charge is 0.287 e. The molecule has 8 nitrogen and oxygen atoms in total. The number of hydrogen-bond acceptors (Lipinski definition) is 6. The number of hydrogen-bond donors (Lipinski definition) is 2. The van der Waals surface area contributed by atoms with Crippen LogP contribution in [0.25, 0.3) is 0 Å².